The van der Waals surface area contributed by atoms with Crippen LogP contribution in [0.4, 0.5) is 8.78 Å². The van der Waals surface area contributed by atoms with E-state index in [9.17, 15) is 23.2 Å². The summed E-state index contributed by atoms with van der Waals surface area (Å²) in [5.41, 5.74) is 2.40. The topological polar surface area (TPSA) is 84.3 Å². The van der Waals surface area contributed by atoms with Crippen molar-refractivity contribution >= 4 is 45.0 Å². The fourth-order valence-electron chi connectivity index (χ4n) is 5.13. The van der Waals surface area contributed by atoms with E-state index in [4.69, 9.17) is 0 Å². The molecule has 11 heteroatoms. The van der Waals surface area contributed by atoms with Crippen LogP contribution in [-0.4, -0.2) is 45.0 Å². The highest BCUT2D eigenvalue weighted by atomic mass is 79.9. The van der Waals surface area contributed by atoms with Gasteiger partial charge in [0.05, 0.1) is 38.4 Å². The normalized spacial score (nSPS) is 15.0. The average molecular weight is 611 g/mol. The number of thiophene rings is 1. The smallest absolute Gasteiger partial charge is 0.261 e. The molecule has 2 aliphatic heterocycles. The zero-order valence-electron chi connectivity index (χ0n) is 20.4. The number of amides is 3. The molecule has 0 saturated heterocycles. The number of nitrogens with one attached hydrogen (secondary N) is 1. The van der Waals surface area contributed by atoms with Crippen molar-refractivity contribution in [2.75, 3.05) is 6.54 Å². The van der Waals surface area contributed by atoms with E-state index in [1.165, 1.54) is 23.5 Å². The molecule has 3 amide bonds. The minimum absolute atomic E-state index is 0.0340. The summed E-state index contributed by atoms with van der Waals surface area (Å²) in [6.45, 7) is 0.572. The van der Waals surface area contributed by atoms with Gasteiger partial charge in [0.15, 0.2) is 11.6 Å². The van der Waals surface area contributed by atoms with Crippen LogP contribution in [0.5, 0.6) is 0 Å². The van der Waals surface area contributed by atoms with Crippen molar-refractivity contribution in [2.45, 2.75) is 31.8 Å². The summed E-state index contributed by atoms with van der Waals surface area (Å²) in [5, 5.41) is 7.29. The number of hydrogen-bond donors (Lipinski definition) is 1. The molecule has 0 radical (unpaired) electrons. The molecule has 0 saturated carbocycles. The van der Waals surface area contributed by atoms with Gasteiger partial charge in [-0.1, -0.05) is 24.3 Å². The highest BCUT2D eigenvalue weighted by molar-refractivity contribution is 9.10. The molecule has 2 aliphatic rings. The lowest BCUT2D eigenvalue weighted by Gasteiger charge is -2.24. The molecular weight excluding hydrogens is 590 g/mol. The third kappa shape index (κ3) is 4.59. The van der Waals surface area contributed by atoms with Crippen molar-refractivity contribution < 1.29 is 23.2 Å². The molecule has 39 heavy (non-hydrogen) atoms. The second kappa shape index (κ2) is 10.1. The fourth-order valence-corrected chi connectivity index (χ4v) is 6.75. The van der Waals surface area contributed by atoms with E-state index >= 15 is 0 Å². The van der Waals surface area contributed by atoms with Gasteiger partial charge in [-0.15, -0.1) is 11.3 Å². The third-order valence-electron chi connectivity index (χ3n) is 6.97. The quantitative estimate of drug-likeness (QED) is 0.303. The van der Waals surface area contributed by atoms with Crippen molar-refractivity contribution in [3.63, 3.8) is 0 Å². The predicted molar refractivity (Wildman–Crippen MR) is 145 cm³/mol. The number of aryl methyl sites for hydroxylation is 2. The molecule has 0 bridgehead atoms. The number of fused-ring (bicyclic) bond motifs is 4. The maximum atomic E-state index is 14.6. The Hall–Kier alpha value is -3.70. The van der Waals surface area contributed by atoms with Gasteiger partial charge < -0.3 is 5.32 Å². The standard InChI is InChI=1S/C28H21BrF2N4O3S/c29-20-13-32-35-10-4-9-22-19(25(20)35)12-23(39-22)26(36)33-16(11-15-5-3-8-21(30)24(15)31)14-34-27(37)17-6-1-2-7-18(17)28(34)38/h1-3,5-8,12-13,16H,4,9-11,14H2,(H,33,36). The average Bonchev–Trinajstić information content (AvgIpc) is 3.54. The number of benzene rings is 2. The maximum Gasteiger partial charge on any atom is 0.261 e. The molecule has 198 valence electrons. The molecule has 2 aromatic carbocycles. The lowest BCUT2D eigenvalue weighted by Crippen LogP contribution is -2.47. The van der Waals surface area contributed by atoms with E-state index < -0.39 is 35.4 Å². The van der Waals surface area contributed by atoms with Crippen molar-refractivity contribution in [2.24, 2.45) is 0 Å². The number of aromatic nitrogens is 2. The van der Waals surface area contributed by atoms with E-state index in [1.807, 2.05) is 4.68 Å². The summed E-state index contributed by atoms with van der Waals surface area (Å²) in [4.78, 5) is 42.1. The molecule has 1 atom stereocenters. The van der Waals surface area contributed by atoms with Crippen LogP contribution in [0, 0.1) is 11.6 Å². The van der Waals surface area contributed by atoms with Gasteiger partial charge in [0, 0.05) is 23.5 Å². The zero-order chi connectivity index (χ0) is 27.3. The highest BCUT2D eigenvalue weighted by Gasteiger charge is 2.37. The molecule has 1 unspecified atom stereocenters. The molecular formula is C28H21BrF2N4O3S. The Morgan fingerprint density at radius 1 is 1.08 bits per heavy atom. The maximum absolute atomic E-state index is 14.6. The Balaban J connectivity index is 1.30. The van der Waals surface area contributed by atoms with Crippen molar-refractivity contribution in [1.82, 2.24) is 20.0 Å². The van der Waals surface area contributed by atoms with E-state index in [1.54, 1.807) is 36.5 Å². The largest absolute Gasteiger partial charge is 0.346 e. The Labute approximate surface area is 234 Å². The minimum Gasteiger partial charge on any atom is -0.346 e. The summed E-state index contributed by atoms with van der Waals surface area (Å²) >= 11 is 4.91. The van der Waals surface area contributed by atoms with Gasteiger partial charge in [0.25, 0.3) is 17.7 Å². The number of carbonyl (C=O) groups excluding carboxylic acids is 3. The van der Waals surface area contributed by atoms with Crippen LogP contribution in [-0.2, 0) is 19.4 Å². The Morgan fingerprint density at radius 2 is 1.82 bits per heavy atom. The van der Waals surface area contributed by atoms with Gasteiger partial charge >= 0.3 is 0 Å². The van der Waals surface area contributed by atoms with E-state index in [0.29, 0.717) is 4.88 Å². The molecule has 0 spiro atoms. The van der Waals surface area contributed by atoms with E-state index in [-0.39, 0.29) is 29.7 Å². The van der Waals surface area contributed by atoms with Gasteiger partial charge in [-0.3, -0.25) is 24.0 Å². The lowest BCUT2D eigenvalue weighted by atomic mass is 10.0. The van der Waals surface area contributed by atoms with Crippen LogP contribution in [0.25, 0.3) is 11.3 Å². The molecule has 2 aromatic heterocycles. The number of carbonyl (C=O) groups is 3. The molecule has 4 aromatic rings. The first-order valence-corrected chi connectivity index (χ1v) is 14.0. The van der Waals surface area contributed by atoms with Crippen LogP contribution < -0.4 is 5.32 Å². The van der Waals surface area contributed by atoms with E-state index in [2.05, 4.69) is 26.3 Å². The zero-order valence-corrected chi connectivity index (χ0v) is 22.8. The monoisotopic (exact) mass is 610 g/mol. The van der Waals surface area contributed by atoms with Crippen molar-refractivity contribution in [3.05, 3.63) is 97.3 Å². The van der Waals surface area contributed by atoms with Crippen molar-refractivity contribution in [1.29, 1.82) is 0 Å². The number of nitrogens with zero attached hydrogens (tertiary/aromatic N) is 3. The van der Waals surface area contributed by atoms with Crippen LogP contribution in [0.2, 0.25) is 0 Å². The van der Waals surface area contributed by atoms with Gasteiger partial charge in [0.2, 0.25) is 0 Å². The van der Waals surface area contributed by atoms with Crippen LogP contribution >= 0.6 is 27.3 Å². The molecule has 0 aliphatic carbocycles. The first-order chi connectivity index (χ1) is 18.8. The van der Waals surface area contributed by atoms with Crippen LogP contribution in [0.15, 0.2) is 59.2 Å². The van der Waals surface area contributed by atoms with Crippen LogP contribution in [0.1, 0.15) is 47.2 Å². The summed E-state index contributed by atoms with van der Waals surface area (Å²) in [6, 6.07) is 11.2. The predicted octanol–water partition coefficient (Wildman–Crippen LogP) is 5.24. The lowest BCUT2D eigenvalue weighted by molar-refractivity contribution is 0.0628. The first-order valence-electron chi connectivity index (χ1n) is 12.3. The second-order valence-electron chi connectivity index (χ2n) is 9.47. The highest BCUT2D eigenvalue weighted by Crippen LogP contribution is 2.38. The minimum atomic E-state index is -1.03. The summed E-state index contributed by atoms with van der Waals surface area (Å²) in [6.07, 6.45) is 3.27. The van der Waals surface area contributed by atoms with Crippen LogP contribution in [0.3, 0.4) is 0 Å². The van der Waals surface area contributed by atoms with Crippen molar-refractivity contribution in [3.8, 4) is 11.3 Å². The molecule has 4 heterocycles. The first kappa shape index (κ1) is 25.6. The molecule has 7 nitrogen and oxygen atoms in total. The number of halogens is 3. The van der Waals surface area contributed by atoms with Gasteiger partial charge in [-0.05, 0) is 65.0 Å². The van der Waals surface area contributed by atoms with Gasteiger partial charge in [-0.2, -0.15) is 5.10 Å². The summed E-state index contributed by atoms with van der Waals surface area (Å²) in [5.74, 6) is -3.44. The Morgan fingerprint density at radius 3 is 2.56 bits per heavy atom. The molecule has 6 rings (SSSR count). The molecule has 0 fully saturated rings. The summed E-state index contributed by atoms with van der Waals surface area (Å²) in [7, 11) is 0. The van der Waals surface area contributed by atoms with Gasteiger partial charge in [-0.25, -0.2) is 8.78 Å². The number of imide groups is 1. The van der Waals surface area contributed by atoms with Gasteiger partial charge in [0.1, 0.15) is 0 Å². The number of hydrogen-bond acceptors (Lipinski definition) is 5. The number of rotatable bonds is 6. The Kier molecular flexibility index (Phi) is 6.64. The second-order valence-corrected chi connectivity index (χ2v) is 11.5. The fraction of sp³-hybridized carbons (Fsp3) is 0.214. The third-order valence-corrected chi connectivity index (χ3v) is 8.74. The molecule has 1 N–H and O–H groups in total. The SMILES string of the molecule is O=C(NC(Cc1cccc(F)c1F)CN1C(=O)c2ccccc2C1=O)c1cc2c(s1)CCCn1ncc(Br)c1-2. The van der Waals surface area contributed by atoms with E-state index in [0.717, 1.165) is 51.0 Å². The summed E-state index contributed by atoms with van der Waals surface area (Å²) < 4.78 is 31.3. The Bertz CT molecular complexity index is 1610.